The van der Waals surface area contributed by atoms with Crippen molar-refractivity contribution in [2.75, 3.05) is 11.9 Å². The van der Waals surface area contributed by atoms with Gasteiger partial charge >= 0.3 is 6.61 Å². The third kappa shape index (κ3) is 5.48. The predicted molar refractivity (Wildman–Crippen MR) is 110 cm³/mol. The molecule has 6 nitrogen and oxygen atoms in total. The first-order valence-corrected chi connectivity index (χ1v) is 9.55. The summed E-state index contributed by atoms with van der Waals surface area (Å²) in [5.41, 5.74) is 2.10. The number of rotatable bonds is 8. The lowest BCUT2D eigenvalue weighted by molar-refractivity contribution is -0.0514. The Morgan fingerprint density at radius 3 is 2.57 bits per heavy atom. The number of hydrogen-bond acceptors (Lipinski definition) is 4. The number of aryl methyl sites for hydroxylation is 1. The van der Waals surface area contributed by atoms with Gasteiger partial charge in [0.1, 0.15) is 0 Å². The number of hydrogen-bond donors (Lipinski definition) is 1. The van der Waals surface area contributed by atoms with E-state index in [2.05, 4.69) is 15.2 Å². The van der Waals surface area contributed by atoms with E-state index in [1.807, 2.05) is 19.1 Å². The number of anilines is 1. The second kappa shape index (κ2) is 9.58. The molecule has 1 heterocycles. The Morgan fingerprint density at radius 1 is 1.17 bits per heavy atom. The van der Waals surface area contributed by atoms with Crippen LogP contribution in [0.5, 0.6) is 11.5 Å². The number of alkyl halides is 2. The molecule has 0 atom stereocenters. The number of carbonyl (C=O) groups is 1. The first-order valence-electron chi connectivity index (χ1n) is 9.17. The minimum Gasteiger partial charge on any atom is -0.490 e. The van der Waals surface area contributed by atoms with Crippen LogP contribution in [-0.2, 0) is 6.54 Å². The zero-order valence-corrected chi connectivity index (χ0v) is 17.1. The van der Waals surface area contributed by atoms with Crippen molar-refractivity contribution in [3.05, 3.63) is 70.4 Å². The molecule has 1 amide bonds. The Balaban J connectivity index is 1.74. The van der Waals surface area contributed by atoms with Crippen LogP contribution >= 0.6 is 11.6 Å². The fraction of sp³-hybridized carbons (Fsp3) is 0.238. The van der Waals surface area contributed by atoms with Gasteiger partial charge in [0.25, 0.3) is 5.91 Å². The van der Waals surface area contributed by atoms with E-state index in [9.17, 15) is 13.6 Å². The van der Waals surface area contributed by atoms with Crippen molar-refractivity contribution in [3.63, 3.8) is 0 Å². The molecule has 1 aromatic heterocycles. The number of aromatic nitrogens is 2. The summed E-state index contributed by atoms with van der Waals surface area (Å²) in [5, 5.41) is 7.77. The number of benzene rings is 2. The SMILES string of the molecule is CCOc1cc(C(=O)Nc2cc(C)n(Cc3ccc(Cl)cc3)n2)ccc1OC(F)F. The van der Waals surface area contributed by atoms with Gasteiger partial charge in [0.05, 0.1) is 13.2 Å². The number of nitrogens with zero attached hydrogens (tertiary/aromatic N) is 2. The summed E-state index contributed by atoms with van der Waals surface area (Å²) in [6.07, 6.45) is 0. The van der Waals surface area contributed by atoms with Gasteiger partial charge < -0.3 is 14.8 Å². The molecule has 0 unspecified atom stereocenters. The Labute approximate surface area is 177 Å². The van der Waals surface area contributed by atoms with E-state index in [1.54, 1.807) is 29.8 Å². The smallest absolute Gasteiger partial charge is 0.387 e. The molecule has 0 aliphatic carbocycles. The molecule has 0 bridgehead atoms. The fourth-order valence-electron chi connectivity index (χ4n) is 2.79. The minimum absolute atomic E-state index is 0.0647. The molecule has 0 aliphatic rings. The van der Waals surface area contributed by atoms with Gasteiger partial charge in [0, 0.05) is 22.3 Å². The standard InChI is InChI=1S/C21H20ClF2N3O3/c1-3-29-18-11-15(6-9-17(18)30-21(23)24)20(28)25-19-10-13(2)27(26-19)12-14-4-7-16(22)8-5-14/h4-11,21H,3,12H2,1-2H3,(H,25,26,28). The van der Waals surface area contributed by atoms with Crippen LogP contribution in [-0.4, -0.2) is 28.9 Å². The number of carbonyl (C=O) groups excluding carboxylic acids is 1. The summed E-state index contributed by atoms with van der Waals surface area (Å²) < 4.78 is 36.5. The Kier molecular flexibility index (Phi) is 6.89. The van der Waals surface area contributed by atoms with Gasteiger partial charge in [-0.25, -0.2) is 0 Å². The molecule has 1 N–H and O–H groups in total. The van der Waals surface area contributed by atoms with Gasteiger partial charge in [-0.3, -0.25) is 9.48 Å². The monoisotopic (exact) mass is 435 g/mol. The summed E-state index contributed by atoms with van der Waals surface area (Å²) in [6.45, 7) is 1.35. The Morgan fingerprint density at radius 2 is 1.90 bits per heavy atom. The van der Waals surface area contributed by atoms with Crippen LogP contribution < -0.4 is 14.8 Å². The van der Waals surface area contributed by atoms with E-state index in [0.29, 0.717) is 17.4 Å². The van der Waals surface area contributed by atoms with Crippen molar-refractivity contribution < 1.29 is 23.0 Å². The lowest BCUT2D eigenvalue weighted by atomic mass is 10.2. The molecule has 30 heavy (non-hydrogen) atoms. The highest BCUT2D eigenvalue weighted by atomic mass is 35.5. The van der Waals surface area contributed by atoms with Gasteiger partial charge in [-0.05, 0) is 49.7 Å². The van der Waals surface area contributed by atoms with Crippen LogP contribution in [0, 0.1) is 6.92 Å². The molecule has 158 valence electrons. The average molecular weight is 436 g/mol. The van der Waals surface area contributed by atoms with E-state index < -0.39 is 12.5 Å². The van der Waals surface area contributed by atoms with Gasteiger partial charge in [0.2, 0.25) is 0 Å². The topological polar surface area (TPSA) is 65.4 Å². The van der Waals surface area contributed by atoms with E-state index >= 15 is 0 Å². The first-order chi connectivity index (χ1) is 14.4. The van der Waals surface area contributed by atoms with E-state index in [0.717, 1.165) is 11.3 Å². The molecule has 3 rings (SSSR count). The zero-order chi connectivity index (χ0) is 21.7. The average Bonchev–Trinajstić information content (AvgIpc) is 3.03. The molecule has 0 spiro atoms. The largest absolute Gasteiger partial charge is 0.490 e. The normalized spacial score (nSPS) is 10.9. The highest BCUT2D eigenvalue weighted by Crippen LogP contribution is 2.30. The summed E-state index contributed by atoms with van der Waals surface area (Å²) in [7, 11) is 0. The van der Waals surface area contributed by atoms with Crippen molar-refractivity contribution in [1.82, 2.24) is 9.78 Å². The third-order valence-electron chi connectivity index (χ3n) is 4.19. The van der Waals surface area contributed by atoms with Crippen LogP contribution in [0.2, 0.25) is 5.02 Å². The molecular formula is C21H20ClF2N3O3. The van der Waals surface area contributed by atoms with E-state index in [-0.39, 0.29) is 23.7 Å². The molecule has 0 radical (unpaired) electrons. The van der Waals surface area contributed by atoms with Crippen LogP contribution in [0.25, 0.3) is 0 Å². The number of ether oxygens (including phenoxy) is 2. The summed E-state index contributed by atoms with van der Waals surface area (Å²) in [4.78, 5) is 12.6. The van der Waals surface area contributed by atoms with Gasteiger partial charge in [-0.15, -0.1) is 0 Å². The summed E-state index contributed by atoms with van der Waals surface area (Å²) in [6, 6.07) is 13.2. The maximum Gasteiger partial charge on any atom is 0.387 e. The predicted octanol–water partition coefficient (Wildman–Crippen LogP) is 5.15. The van der Waals surface area contributed by atoms with Crippen molar-refractivity contribution in [2.45, 2.75) is 27.0 Å². The zero-order valence-electron chi connectivity index (χ0n) is 16.4. The maximum atomic E-state index is 12.6. The number of halogens is 3. The van der Waals surface area contributed by atoms with Crippen molar-refractivity contribution in [2.24, 2.45) is 0 Å². The molecule has 9 heteroatoms. The van der Waals surface area contributed by atoms with Crippen LogP contribution in [0.15, 0.2) is 48.5 Å². The van der Waals surface area contributed by atoms with Crippen LogP contribution in [0.1, 0.15) is 28.5 Å². The Bertz CT molecular complexity index is 1020. The van der Waals surface area contributed by atoms with Crippen molar-refractivity contribution >= 4 is 23.3 Å². The molecule has 0 fully saturated rings. The molecule has 0 saturated heterocycles. The molecule has 0 aliphatic heterocycles. The molecular weight excluding hydrogens is 416 g/mol. The maximum absolute atomic E-state index is 12.6. The highest BCUT2D eigenvalue weighted by Gasteiger charge is 2.16. The summed E-state index contributed by atoms with van der Waals surface area (Å²) >= 11 is 5.91. The van der Waals surface area contributed by atoms with E-state index in [4.69, 9.17) is 16.3 Å². The quantitative estimate of drug-likeness (QED) is 0.531. The van der Waals surface area contributed by atoms with Crippen LogP contribution in [0.4, 0.5) is 14.6 Å². The van der Waals surface area contributed by atoms with Crippen LogP contribution in [0.3, 0.4) is 0 Å². The number of amides is 1. The second-order valence-corrected chi connectivity index (χ2v) is 6.82. The van der Waals surface area contributed by atoms with Crippen molar-refractivity contribution in [1.29, 1.82) is 0 Å². The number of nitrogens with one attached hydrogen (secondary N) is 1. The van der Waals surface area contributed by atoms with Crippen molar-refractivity contribution in [3.8, 4) is 11.5 Å². The molecule has 3 aromatic rings. The van der Waals surface area contributed by atoms with E-state index in [1.165, 1.54) is 18.2 Å². The summed E-state index contributed by atoms with van der Waals surface area (Å²) in [5.74, 6) is -0.144. The fourth-order valence-corrected chi connectivity index (χ4v) is 2.92. The lowest BCUT2D eigenvalue weighted by Crippen LogP contribution is -2.14. The Hall–Kier alpha value is -3.13. The second-order valence-electron chi connectivity index (χ2n) is 6.38. The van der Waals surface area contributed by atoms with Gasteiger partial charge in [-0.1, -0.05) is 23.7 Å². The molecule has 0 saturated carbocycles. The first kappa shape index (κ1) is 21.6. The molecule has 2 aromatic carbocycles. The lowest BCUT2D eigenvalue weighted by Gasteiger charge is -2.12. The third-order valence-corrected chi connectivity index (χ3v) is 4.44. The highest BCUT2D eigenvalue weighted by molar-refractivity contribution is 6.30. The minimum atomic E-state index is -2.99. The van der Waals surface area contributed by atoms with Gasteiger partial charge in [0.15, 0.2) is 17.3 Å². The van der Waals surface area contributed by atoms with Gasteiger partial charge in [-0.2, -0.15) is 13.9 Å².